The Hall–Kier alpha value is -2.03. The van der Waals surface area contributed by atoms with Crippen LogP contribution in [0.15, 0.2) is 53.0 Å². The molecule has 8 heteroatoms. The van der Waals surface area contributed by atoms with Gasteiger partial charge in [0.2, 0.25) is 5.91 Å². The second-order valence-corrected chi connectivity index (χ2v) is 7.99. The number of nitrogens with one attached hydrogen (secondary N) is 2. The van der Waals surface area contributed by atoms with Crippen LogP contribution in [0.4, 0.5) is 5.69 Å². The van der Waals surface area contributed by atoms with E-state index in [9.17, 15) is 9.59 Å². The van der Waals surface area contributed by atoms with Crippen LogP contribution in [0.3, 0.4) is 0 Å². The highest BCUT2D eigenvalue weighted by atomic mass is 79.9. The molecule has 0 spiro atoms. The second kappa shape index (κ2) is 12.5. The first kappa shape index (κ1) is 23.3. The molecule has 6 nitrogen and oxygen atoms in total. The summed E-state index contributed by atoms with van der Waals surface area (Å²) in [6.07, 6.45) is 2.48. The topological polar surface area (TPSA) is 76.7 Å². The first-order chi connectivity index (χ1) is 14.0. The summed E-state index contributed by atoms with van der Waals surface area (Å²) in [5.41, 5.74) is 1.09. The van der Waals surface area contributed by atoms with E-state index in [1.54, 1.807) is 55.3 Å². The fourth-order valence-electron chi connectivity index (χ4n) is 2.52. The highest BCUT2D eigenvalue weighted by molar-refractivity contribution is 9.10. The van der Waals surface area contributed by atoms with Crippen LogP contribution in [0, 0.1) is 0 Å². The maximum absolute atomic E-state index is 12.8. The van der Waals surface area contributed by atoms with Crippen LogP contribution in [0.2, 0.25) is 0 Å². The average molecular weight is 481 g/mol. The maximum atomic E-state index is 12.8. The lowest BCUT2D eigenvalue weighted by Crippen LogP contribution is -2.44. The van der Waals surface area contributed by atoms with Crippen molar-refractivity contribution >= 4 is 45.2 Å². The van der Waals surface area contributed by atoms with E-state index in [1.165, 1.54) is 0 Å². The van der Waals surface area contributed by atoms with Gasteiger partial charge >= 0.3 is 0 Å². The number of hydrogen-bond donors (Lipinski definition) is 2. The second-order valence-electron chi connectivity index (χ2n) is 6.15. The molecule has 0 bridgehead atoms. The van der Waals surface area contributed by atoms with Crippen molar-refractivity contribution < 1.29 is 19.1 Å². The van der Waals surface area contributed by atoms with E-state index in [4.69, 9.17) is 9.47 Å². The highest BCUT2D eigenvalue weighted by Gasteiger charge is 2.22. The molecule has 2 N–H and O–H groups in total. The number of carbonyl (C=O) groups is 2. The summed E-state index contributed by atoms with van der Waals surface area (Å²) < 4.78 is 11.2. The number of hydrogen-bond acceptors (Lipinski definition) is 5. The van der Waals surface area contributed by atoms with Gasteiger partial charge in [0.15, 0.2) is 0 Å². The molecule has 1 unspecified atom stereocenters. The van der Waals surface area contributed by atoms with E-state index in [0.29, 0.717) is 41.1 Å². The summed E-state index contributed by atoms with van der Waals surface area (Å²) in [6.45, 7) is 0.903. The van der Waals surface area contributed by atoms with Gasteiger partial charge in [-0.25, -0.2) is 0 Å². The average Bonchev–Trinajstić information content (AvgIpc) is 2.71. The molecule has 0 saturated heterocycles. The lowest BCUT2D eigenvalue weighted by atomic mass is 10.1. The summed E-state index contributed by atoms with van der Waals surface area (Å²) in [5.74, 6) is 0.815. The molecule has 2 rings (SSSR count). The maximum Gasteiger partial charge on any atom is 0.253 e. The van der Waals surface area contributed by atoms with E-state index in [-0.39, 0.29) is 11.8 Å². The molecule has 0 saturated carbocycles. The van der Waals surface area contributed by atoms with Crippen molar-refractivity contribution in [3.8, 4) is 5.75 Å². The van der Waals surface area contributed by atoms with Crippen molar-refractivity contribution in [2.75, 3.05) is 37.6 Å². The molecule has 0 heterocycles. The molecule has 2 aromatic carbocycles. The SMILES string of the molecule is COCCOc1cccc(NC(=O)C(CCSC)NC(=O)c2ccccc2Br)c1. The summed E-state index contributed by atoms with van der Waals surface area (Å²) in [7, 11) is 1.61. The van der Waals surface area contributed by atoms with E-state index in [0.717, 1.165) is 5.75 Å². The molecule has 0 aliphatic rings. The Morgan fingerprint density at radius 2 is 1.93 bits per heavy atom. The molecule has 0 aliphatic heterocycles. The number of thioether (sulfide) groups is 1. The zero-order valence-corrected chi connectivity index (χ0v) is 18.8. The number of anilines is 1. The minimum atomic E-state index is -0.653. The van der Waals surface area contributed by atoms with Crippen molar-refractivity contribution in [3.63, 3.8) is 0 Å². The largest absolute Gasteiger partial charge is 0.491 e. The molecule has 2 aromatic rings. The number of methoxy groups -OCH3 is 1. The minimum absolute atomic E-state index is 0.270. The smallest absolute Gasteiger partial charge is 0.253 e. The Labute approximate surface area is 183 Å². The zero-order chi connectivity index (χ0) is 21.1. The number of ether oxygens (including phenoxy) is 2. The first-order valence-corrected chi connectivity index (χ1v) is 11.3. The van der Waals surface area contributed by atoms with Crippen molar-refractivity contribution in [2.45, 2.75) is 12.5 Å². The quantitative estimate of drug-likeness (QED) is 0.475. The van der Waals surface area contributed by atoms with E-state index in [2.05, 4.69) is 26.6 Å². The van der Waals surface area contributed by atoms with Gasteiger partial charge in [0.1, 0.15) is 18.4 Å². The van der Waals surface area contributed by atoms with Gasteiger partial charge in [-0.15, -0.1) is 0 Å². The summed E-state index contributed by atoms with van der Waals surface area (Å²) in [5, 5.41) is 5.71. The monoisotopic (exact) mass is 480 g/mol. The van der Waals surface area contributed by atoms with Crippen molar-refractivity contribution in [2.24, 2.45) is 0 Å². The van der Waals surface area contributed by atoms with Gasteiger partial charge in [-0.1, -0.05) is 18.2 Å². The zero-order valence-electron chi connectivity index (χ0n) is 16.4. The molecular weight excluding hydrogens is 456 g/mol. The van der Waals surface area contributed by atoms with Crippen LogP contribution < -0.4 is 15.4 Å². The van der Waals surface area contributed by atoms with Gasteiger partial charge < -0.3 is 20.1 Å². The Kier molecular flexibility index (Phi) is 10.0. The predicted octanol–water partition coefficient (Wildman–Crippen LogP) is 3.96. The predicted molar refractivity (Wildman–Crippen MR) is 121 cm³/mol. The molecule has 156 valence electrons. The Morgan fingerprint density at radius 3 is 2.66 bits per heavy atom. The molecule has 1 atom stereocenters. The molecule has 0 radical (unpaired) electrons. The van der Waals surface area contributed by atoms with Gasteiger partial charge in [0.05, 0.1) is 12.2 Å². The third-order valence-corrected chi connectivity index (χ3v) is 5.34. The van der Waals surface area contributed by atoms with Crippen LogP contribution in [0.5, 0.6) is 5.75 Å². The Morgan fingerprint density at radius 1 is 1.14 bits per heavy atom. The van der Waals surface area contributed by atoms with Gasteiger partial charge in [0, 0.05) is 23.3 Å². The fraction of sp³-hybridized carbons (Fsp3) is 0.333. The Balaban J connectivity index is 2.05. The Bertz CT molecular complexity index is 819. The van der Waals surface area contributed by atoms with Crippen LogP contribution in [0.1, 0.15) is 16.8 Å². The van der Waals surface area contributed by atoms with Gasteiger partial charge in [-0.05, 0) is 58.6 Å². The molecule has 2 amide bonds. The van der Waals surface area contributed by atoms with Gasteiger partial charge in [-0.2, -0.15) is 11.8 Å². The molecule has 29 heavy (non-hydrogen) atoms. The lowest BCUT2D eigenvalue weighted by Gasteiger charge is -2.19. The van der Waals surface area contributed by atoms with Crippen LogP contribution >= 0.6 is 27.7 Å². The van der Waals surface area contributed by atoms with Crippen LogP contribution in [0.25, 0.3) is 0 Å². The fourth-order valence-corrected chi connectivity index (χ4v) is 3.46. The van der Waals surface area contributed by atoms with Gasteiger partial charge in [-0.3, -0.25) is 9.59 Å². The first-order valence-electron chi connectivity index (χ1n) is 9.12. The van der Waals surface area contributed by atoms with Crippen molar-refractivity contribution in [1.82, 2.24) is 5.32 Å². The highest BCUT2D eigenvalue weighted by Crippen LogP contribution is 2.19. The molecule has 0 aliphatic carbocycles. The van der Waals surface area contributed by atoms with Crippen LogP contribution in [-0.4, -0.2) is 50.2 Å². The number of benzene rings is 2. The third-order valence-electron chi connectivity index (χ3n) is 4.01. The number of carbonyl (C=O) groups excluding carboxylic acids is 2. The van der Waals surface area contributed by atoms with E-state index in [1.807, 2.05) is 18.4 Å². The lowest BCUT2D eigenvalue weighted by molar-refractivity contribution is -0.118. The third kappa shape index (κ3) is 7.72. The van der Waals surface area contributed by atoms with Crippen LogP contribution in [-0.2, 0) is 9.53 Å². The normalized spacial score (nSPS) is 11.6. The van der Waals surface area contributed by atoms with Gasteiger partial charge in [0.25, 0.3) is 5.91 Å². The number of rotatable bonds is 11. The molecular formula is C21H25BrN2O4S. The number of halogens is 1. The van der Waals surface area contributed by atoms with Crippen molar-refractivity contribution in [3.05, 3.63) is 58.6 Å². The number of amides is 2. The summed E-state index contributed by atoms with van der Waals surface area (Å²) in [4.78, 5) is 25.5. The summed E-state index contributed by atoms with van der Waals surface area (Å²) >= 11 is 5.00. The minimum Gasteiger partial charge on any atom is -0.491 e. The molecule has 0 fully saturated rings. The van der Waals surface area contributed by atoms with Crippen molar-refractivity contribution in [1.29, 1.82) is 0 Å². The van der Waals surface area contributed by atoms with E-state index >= 15 is 0 Å². The standard InChI is InChI=1S/C21H25BrN2O4S/c1-27-11-12-28-16-7-5-6-15(14-16)23-21(26)19(10-13-29-2)24-20(25)17-8-3-4-9-18(17)22/h3-9,14,19H,10-13H2,1-2H3,(H,23,26)(H,24,25). The van der Waals surface area contributed by atoms with E-state index < -0.39 is 6.04 Å². The summed E-state index contributed by atoms with van der Waals surface area (Å²) in [6, 6.07) is 13.6. The molecule has 0 aromatic heterocycles.